The fourth-order valence-corrected chi connectivity index (χ4v) is 4.24. The van der Waals surface area contributed by atoms with Crippen LogP contribution in [-0.4, -0.2) is 37.1 Å². The second kappa shape index (κ2) is 9.29. The highest BCUT2D eigenvalue weighted by Gasteiger charge is 2.34. The number of nitrogens with one attached hydrogen (secondary N) is 2. The van der Waals surface area contributed by atoms with E-state index in [1.54, 1.807) is 30.3 Å². The van der Waals surface area contributed by atoms with Crippen molar-refractivity contribution in [3.63, 3.8) is 0 Å². The molecule has 1 fully saturated rings. The lowest BCUT2D eigenvalue weighted by atomic mass is 9.90. The number of aromatic nitrogens is 1. The van der Waals surface area contributed by atoms with Crippen LogP contribution in [0.5, 0.6) is 0 Å². The second-order valence-corrected chi connectivity index (χ2v) is 8.68. The van der Waals surface area contributed by atoms with Gasteiger partial charge in [-0.25, -0.2) is 4.98 Å². The summed E-state index contributed by atoms with van der Waals surface area (Å²) in [5.74, 6) is -0.106. The summed E-state index contributed by atoms with van der Waals surface area (Å²) in [7, 11) is 3.85. The first-order valence-electron chi connectivity index (χ1n) is 11.0. The van der Waals surface area contributed by atoms with Crippen molar-refractivity contribution in [2.45, 2.75) is 43.9 Å². The molecule has 0 saturated heterocycles. The second-order valence-electron chi connectivity index (χ2n) is 8.68. The molecule has 1 aliphatic rings. The van der Waals surface area contributed by atoms with E-state index in [0.717, 1.165) is 37.4 Å². The Morgan fingerprint density at radius 2 is 1.67 bits per heavy atom. The Hall–Kier alpha value is -3.29. The molecule has 8 heteroatoms. The van der Waals surface area contributed by atoms with E-state index in [9.17, 15) is 18.0 Å². The van der Waals surface area contributed by atoms with Gasteiger partial charge in [0.25, 0.3) is 5.91 Å². The number of amides is 1. The van der Waals surface area contributed by atoms with E-state index < -0.39 is 11.9 Å². The summed E-state index contributed by atoms with van der Waals surface area (Å²) in [6.45, 7) is 0. The van der Waals surface area contributed by atoms with Crippen molar-refractivity contribution < 1.29 is 18.0 Å². The number of alkyl halides is 3. The number of para-hydroxylation sites is 1. The Morgan fingerprint density at radius 1 is 0.970 bits per heavy atom. The van der Waals surface area contributed by atoms with Gasteiger partial charge in [-0.3, -0.25) is 4.79 Å². The number of hydrogen-bond donors (Lipinski definition) is 2. The van der Waals surface area contributed by atoms with Crippen LogP contribution in [0.25, 0.3) is 10.9 Å². The molecule has 1 aliphatic carbocycles. The van der Waals surface area contributed by atoms with Crippen LogP contribution in [0.4, 0.5) is 24.5 Å². The van der Waals surface area contributed by atoms with Crippen LogP contribution >= 0.6 is 0 Å². The first-order chi connectivity index (χ1) is 15.7. The normalized spacial score (nSPS) is 18.7. The fraction of sp³-hybridized carbons (Fsp3) is 0.360. The minimum absolute atomic E-state index is 0.0297. The van der Waals surface area contributed by atoms with Crippen LogP contribution in [0.1, 0.15) is 41.7 Å². The highest BCUT2D eigenvalue weighted by Crippen LogP contribution is 2.34. The van der Waals surface area contributed by atoms with Crippen LogP contribution in [0.15, 0.2) is 54.6 Å². The molecule has 0 aliphatic heterocycles. The molecule has 0 radical (unpaired) electrons. The summed E-state index contributed by atoms with van der Waals surface area (Å²) in [6.07, 6.45) is -1.49. The van der Waals surface area contributed by atoms with Gasteiger partial charge in [0, 0.05) is 48.5 Å². The minimum Gasteiger partial charge on any atom is -0.382 e. The molecule has 2 N–H and O–H groups in total. The lowest BCUT2D eigenvalue weighted by Gasteiger charge is -2.31. The van der Waals surface area contributed by atoms with E-state index in [-0.39, 0.29) is 18.0 Å². The van der Waals surface area contributed by atoms with Crippen molar-refractivity contribution in [1.82, 2.24) is 10.3 Å². The molecule has 0 bridgehead atoms. The third kappa shape index (κ3) is 5.38. The summed E-state index contributed by atoms with van der Waals surface area (Å²) in [5.41, 5.74) is 1.43. The molecule has 2 aromatic carbocycles. The van der Waals surface area contributed by atoms with Crippen LogP contribution in [0.2, 0.25) is 0 Å². The third-order valence-corrected chi connectivity index (χ3v) is 6.05. The molecule has 0 spiro atoms. The Labute approximate surface area is 191 Å². The molecular weight excluding hydrogens is 429 g/mol. The Morgan fingerprint density at radius 3 is 2.36 bits per heavy atom. The number of benzene rings is 2. The van der Waals surface area contributed by atoms with Crippen LogP contribution in [0.3, 0.4) is 0 Å². The summed E-state index contributed by atoms with van der Waals surface area (Å²) < 4.78 is 40.0. The lowest BCUT2D eigenvalue weighted by Crippen LogP contribution is -2.40. The maximum Gasteiger partial charge on any atom is 0.433 e. The van der Waals surface area contributed by atoms with Crippen LogP contribution in [-0.2, 0) is 6.18 Å². The van der Waals surface area contributed by atoms with Gasteiger partial charge in [0.05, 0.1) is 5.52 Å². The molecule has 1 saturated carbocycles. The van der Waals surface area contributed by atoms with Crippen molar-refractivity contribution in [2.24, 2.45) is 0 Å². The summed E-state index contributed by atoms with van der Waals surface area (Å²) in [6, 6.07) is 15.5. The minimum atomic E-state index is -4.51. The molecule has 3 aromatic rings. The largest absolute Gasteiger partial charge is 0.433 e. The van der Waals surface area contributed by atoms with Crippen LogP contribution in [0, 0.1) is 0 Å². The van der Waals surface area contributed by atoms with Gasteiger partial charge >= 0.3 is 6.18 Å². The molecule has 0 atom stereocenters. The van der Waals surface area contributed by atoms with Gasteiger partial charge in [-0.1, -0.05) is 24.3 Å². The summed E-state index contributed by atoms with van der Waals surface area (Å²) >= 11 is 0. The van der Waals surface area contributed by atoms with E-state index in [0.29, 0.717) is 22.2 Å². The van der Waals surface area contributed by atoms with Crippen molar-refractivity contribution in [3.05, 3.63) is 65.9 Å². The standard InChI is InChI=1S/C25H27F3N4O/c1-32(2)19-7-5-6-16(14-19)24(33)30-18-12-10-17(11-13-18)29-22-15-23(25(26,27)28)31-21-9-4-3-8-20(21)22/h3-9,14-15,17-18H,10-13H2,1-2H3,(H,29,31)(H,30,33)/t17-,18+. The Balaban J connectivity index is 1.40. The number of halogens is 3. The Kier molecular flexibility index (Phi) is 6.44. The van der Waals surface area contributed by atoms with Gasteiger partial charge in [0.1, 0.15) is 5.69 Å². The number of rotatable bonds is 5. The maximum atomic E-state index is 13.3. The number of nitrogens with zero attached hydrogens (tertiary/aromatic N) is 2. The van der Waals surface area contributed by atoms with E-state index in [2.05, 4.69) is 15.6 Å². The van der Waals surface area contributed by atoms with E-state index >= 15 is 0 Å². The first-order valence-corrected chi connectivity index (χ1v) is 11.0. The zero-order valence-electron chi connectivity index (χ0n) is 18.6. The Bertz CT molecular complexity index is 1140. The number of carbonyl (C=O) groups is 1. The van der Waals surface area contributed by atoms with Gasteiger partial charge in [-0.05, 0) is 56.0 Å². The number of carbonyl (C=O) groups excluding carboxylic acids is 1. The SMILES string of the molecule is CN(C)c1cccc(C(=O)N[C@H]2CC[C@@H](Nc3cc(C(F)(F)F)nc4ccccc34)CC2)c1. The lowest BCUT2D eigenvalue weighted by molar-refractivity contribution is -0.140. The first kappa shape index (κ1) is 22.9. The molecule has 5 nitrogen and oxygen atoms in total. The topological polar surface area (TPSA) is 57.3 Å². The van der Waals surface area contributed by atoms with Crippen molar-refractivity contribution in [2.75, 3.05) is 24.3 Å². The predicted octanol–water partition coefficient (Wildman–Crippen LogP) is 5.47. The van der Waals surface area contributed by atoms with Gasteiger partial charge in [-0.15, -0.1) is 0 Å². The fourth-order valence-electron chi connectivity index (χ4n) is 4.24. The third-order valence-electron chi connectivity index (χ3n) is 6.05. The molecule has 1 heterocycles. The highest BCUT2D eigenvalue weighted by atomic mass is 19.4. The number of fused-ring (bicyclic) bond motifs is 1. The van der Waals surface area contributed by atoms with Gasteiger partial charge < -0.3 is 15.5 Å². The van der Waals surface area contributed by atoms with Crippen molar-refractivity contribution in [3.8, 4) is 0 Å². The van der Waals surface area contributed by atoms with Crippen molar-refractivity contribution in [1.29, 1.82) is 0 Å². The molecule has 1 amide bonds. The van der Waals surface area contributed by atoms with E-state index in [1.807, 2.05) is 37.2 Å². The summed E-state index contributed by atoms with van der Waals surface area (Å²) in [5, 5.41) is 7.07. The van der Waals surface area contributed by atoms with Crippen molar-refractivity contribution >= 4 is 28.2 Å². The highest BCUT2D eigenvalue weighted by molar-refractivity contribution is 5.95. The molecule has 174 valence electrons. The van der Waals surface area contributed by atoms with E-state index in [4.69, 9.17) is 0 Å². The average Bonchev–Trinajstić information content (AvgIpc) is 2.79. The van der Waals surface area contributed by atoms with Gasteiger partial charge in [0.2, 0.25) is 0 Å². The molecule has 0 unspecified atom stereocenters. The van der Waals surface area contributed by atoms with Gasteiger partial charge in [0.15, 0.2) is 0 Å². The average molecular weight is 457 g/mol. The molecule has 1 aromatic heterocycles. The number of anilines is 2. The van der Waals surface area contributed by atoms with Crippen LogP contribution < -0.4 is 15.5 Å². The quantitative estimate of drug-likeness (QED) is 0.534. The molecular formula is C25H27F3N4O. The number of hydrogen-bond acceptors (Lipinski definition) is 4. The molecule has 33 heavy (non-hydrogen) atoms. The predicted molar refractivity (Wildman–Crippen MR) is 125 cm³/mol. The zero-order chi connectivity index (χ0) is 23.6. The monoisotopic (exact) mass is 456 g/mol. The molecule has 4 rings (SSSR count). The smallest absolute Gasteiger partial charge is 0.382 e. The summed E-state index contributed by atoms with van der Waals surface area (Å²) in [4.78, 5) is 18.4. The maximum absolute atomic E-state index is 13.3. The zero-order valence-corrected chi connectivity index (χ0v) is 18.6. The van der Waals surface area contributed by atoms with Gasteiger partial charge in [-0.2, -0.15) is 13.2 Å². The van der Waals surface area contributed by atoms with E-state index in [1.165, 1.54) is 0 Å². The number of pyridine rings is 1.